The van der Waals surface area contributed by atoms with E-state index in [0.717, 1.165) is 24.2 Å². The first kappa shape index (κ1) is 13.1. The van der Waals surface area contributed by atoms with Crippen LogP contribution in [0.5, 0.6) is 5.75 Å². The van der Waals surface area contributed by atoms with Gasteiger partial charge in [-0.15, -0.1) is 0 Å². The first-order valence-corrected chi connectivity index (χ1v) is 7.00. The van der Waals surface area contributed by atoms with Crippen molar-refractivity contribution < 1.29 is 14.4 Å². The lowest BCUT2D eigenvalue weighted by molar-refractivity contribution is 0.140. The number of rotatable bonds is 6. The monoisotopic (exact) mass is 274 g/mol. The molecule has 2 aromatic rings. The maximum absolute atomic E-state index is 9.89. The van der Waals surface area contributed by atoms with Gasteiger partial charge < -0.3 is 14.4 Å². The smallest absolute Gasteiger partial charge is 0.229 e. The Morgan fingerprint density at radius 3 is 3.05 bits per heavy atom. The number of hydrogen-bond acceptors (Lipinski definition) is 5. The molecule has 5 nitrogen and oxygen atoms in total. The molecular weight excluding hydrogens is 256 g/mol. The highest BCUT2D eigenvalue weighted by Gasteiger charge is 2.31. The van der Waals surface area contributed by atoms with Gasteiger partial charge in [0.1, 0.15) is 5.75 Å². The van der Waals surface area contributed by atoms with Crippen LogP contribution in [0.4, 0.5) is 0 Å². The Labute approximate surface area is 117 Å². The summed E-state index contributed by atoms with van der Waals surface area (Å²) < 4.78 is 10.7. The van der Waals surface area contributed by atoms with Crippen LogP contribution in [0.15, 0.2) is 28.8 Å². The Morgan fingerprint density at radius 2 is 2.30 bits per heavy atom. The minimum Gasteiger partial charge on any atom is -0.494 e. The van der Waals surface area contributed by atoms with Crippen LogP contribution in [-0.2, 0) is 6.42 Å². The normalized spacial score (nSPS) is 16.1. The highest BCUT2D eigenvalue weighted by molar-refractivity contribution is 5.56. The number of benzene rings is 1. The van der Waals surface area contributed by atoms with E-state index >= 15 is 0 Å². The highest BCUT2D eigenvalue weighted by atomic mass is 16.5. The third-order valence-corrected chi connectivity index (χ3v) is 3.42. The lowest BCUT2D eigenvalue weighted by Gasteiger charge is -2.04. The van der Waals surface area contributed by atoms with E-state index in [1.54, 1.807) is 0 Å². The van der Waals surface area contributed by atoms with Gasteiger partial charge in [-0.1, -0.05) is 17.3 Å². The quantitative estimate of drug-likeness (QED) is 0.876. The lowest BCUT2D eigenvalue weighted by Crippen LogP contribution is -2.12. The maximum atomic E-state index is 9.89. The summed E-state index contributed by atoms with van der Waals surface area (Å²) >= 11 is 0. The lowest BCUT2D eigenvalue weighted by atomic mass is 10.1. The second kappa shape index (κ2) is 5.63. The van der Waals surface area contributed by atoms with Crippen molar-refractivity contribution in [3.05, 3.63) is 30.2 Å². The molecule has 1 aromatic heterocycles. The SMILES string of the molecule is CCOc1cccc(-c2noc(CC(O)C3CC3)n2)c1. The molecule has 0 amide bonds. The molecule has 1 N–H and O–H groups in total. The number of hydrogen-bond donors (Lipinski definition) is 1. The molecule has 0 aliphatic heterocycles. The van der Waals surface area contributed by atoms with E-state index in [0.29, 0.717) is 30.7 Å². The maximum Gasteiger partial charge on any atom is 0.229 e. The summed E-state index contributed by atoms with van der Waals surface area (Å²) in [5.74, 6) is 2.21. The summed E-state index contributed by atoms with van der Waals surface area (Å²) in [6.45, 7) is 2.56. The number of aliphatic hydroxyl groups is 1. The average molecular weight is 274 g/mol. The van der Waals surface area contributed by atoms with Crippen LogP contribution in [0.2, 0.25) is 0 Å². The van der Waals surface area contributed by atoms with Crippen LogP contribution < -0.4 is 4.74 Å². The van der Waals surface area contributed by atoms with Crippen molar-refractivity contribution in [3.8, 4) is 17.1 Å². The molecule has 1 unspecified atom stereocenters. The summed E-state index contributed by atoms with van der Waals surface area (Å²) in [5, 5.41) is 13.9. The Balaban J connectivity index is 1.73. The van der Waals surface area contributed by atoms with Crippen molar-refractivity contribution in [3.63, 3.8) is 0 Å². The van der Waals surface area contributed by atoms with Gasteiger partial charge in [0.25, 0.3) is 0 Å². The van der Waals surface area contributed by atoms with Crippen molar-refractivity contribution in [1.82, 2.24) is 10.1 Å². The van der Waals surface area contributed by atoms with Gasteiger partial charge in [-0.2, -0.15) is 4.98 Å². The van der Waals surface area contributed by atoms with E-state index < -0.39 is 0 Å². The van der Waals surface area contributed by atoms with Crippen molar-refractivity contribution in [2.24, 2.45) is 5.92 Å². The molecule has 0 saturated heterocycles. The molecule has 1 saturated carbocycles. The van der Waals surface area contributed by atoms with Gasteiger partial charge in [0, 0.05) is 5.56 Å². The number of ether oxygens (including phenoxy) is 1. The Morgan fingerprint density at radius 1 is 1.45 bits per heavy atom. The second-order valence-corrected chi connectivity index (χ2v) is 5.08. The van der Waals surface area contributed by atoms with Gasteiger partial charge in [-0.25, -0.2) is 0 Å². The van der Waals surface area contributed by atoms with Gasteiger partial charge in [0.15, 0.2) is 0 Å². The van der Waals surface area contributed by atoms with E-state index in [9.17, 15) is 5.11 Å². The highest BCUT2D eigenvalue weighted by Crippen LogP contribution is 2.34. The zero-order valence-electron chi connectivity index (χ0n) is 11.5. The zero-order chi connectivity index (χ0) is 13.9. The molecule has 0 spiro atoms. The van der Waals surface area contributed by atoms with E-state index in [1.165, 1.54) is 0 Å². The third kappa shape index (κ3) is 2.99. The Bertz CT molecular complexity index is 578. The topological polar surface area (TPSA) is 68.4 Å². The standard InChI is InChI=1S/C15H18N2O3/c1-2-19-12-5-3-4-11(8-12)15-16-14(20-17-15)9-13(18)10-6-7-10/h3-5,8,10,13,18H,2,6-7,9H2,1H3. The van der Waals surface area contributed by atoms with Gasteiger partial charge in [0.2, 0.25) is 11.7 Å². The van der Waals surface area contributed by atoms with Crippen molar-refractivity contribution in [2.45, 2.75) is 32.3 Å². The van der Waals surface area contributed by atoms with Crippen LogP contribution in [0.3, 0.4) is 0 Å². The van der Waals surface area contributed by atoms with Crippen LogP contribution >= 0.6 is 0 Å². The summed E-state index contributed by atoms with van der Waals surface area (Å²) in [7, 11) is 0. The van der Waals surface area contributed by atoms with E-state index in [1.807, 2.05) is 31.2 Å². The van der Waals surface area contributed by atoms with Crippen LogP contribution in [0.25, 0.3) is 11.4 Å². The average Bonchev–Trinajstić information content (AvgIpc) is 3.20. The minimum absolute atomic E-state index is 0.363. The number of aromatic nitrogens is 2. The van der Waals surface area contributed by atoms with Crippen molar-refractivity contribution >= 4 is 0 Å². The molecule has 20 heavy (non-hydrogen) atoms. The summed E-state index contributed by atoms with van der Waals surface area (Å²) in [6.07, 6.45) is 2.26. The molecule has 1 fully saturated rings. The summed E-state index contributed by atoms with van der Waals surface area (Å²) in [4.78, 5) is 4.34. The Hall–Kier alpha value is -1.88. The molecule has 1 heterocycles. The number of nitrogens with zero attached hydrogens (tertiary/aromatic N) is 2. The largest absolute Gasteiger partial charge is 0.494 e. The minimum atomic E-state index is -0.363. The van der Waals surface area contributed by atoms with Gasteiger partial charge in [-0.3, -0.25) is 0 Å². The predicted molar refractivity (Wildman–Crippen MR) is 73.3 cm³/mol. The molecule has 1 atom stereocenters. The molecule has 1 aliphatic carbocycles. The molecule has 5 heteroatoms. The van der Waals surface area contributed by atoms with Gasteiger partial charge in [-0.05, 0) is 37.8 Å². The van der Waals surface area contributed by atoms with E-state index in [4.69, 9.17) is 9.26 Å². The van der Waals surface area contributed by atoms with Crippen LogP contribution in [0.1, 0.15) is 25.7 Å². The molecule has 0 radical (unpaired) electrons. The second-order valence-electron chi connectivity index (χ2n) is 5.08. The molecule has 1 aliphatic rings. The number of aliphatic hydroxyl groups excluding tert-OH is 1. The Kier molecular flexibility index (Phi) is 3.69. The first-order chi connectivity index (χ1) is 9.76. The summed E-state index contributed by atoms with van der Waals surface area (Å²) in [6, 6.07) is 7.59. The fourth-order valence-electron chi connectivity index (χ4n) is 2.17. The van der Waals surface area contributed by atoms with Crippen molar-refractivity contribution in [1.29, 1.82) is 0 Å². The van der Waals surface area contributed by atoms with Crippen LogP contribution in [0, 0.1) is 5.92 Å². The summed E-state index contributed by atoms with van der Waals surface area (Å²) in [5.41, 5.74) is 0.854. The third-order valence-electron chi connectivity index (χ3n) is 3.42. The van der Waals surface area contributed by atoms with Gasteiger partial charge in [0.05, 0.1) is 19.1 Å². The molecule has 3 rings (SSSR count). The predicted octanol–water partition coefficient (Wildman–Crippen LogP) is 2.45. The van der Waals surface area contributed by atoms with E-state index in [2.05, 4.69) is 10.1 Å². The zero-order valence-corrected chi connectivity index (χ0v) is 11.5. The first-order valence-electron chi connectivity index (χ1n) is 7.00. The fourth-order valence-corrected chi connectivity index (χ4v) is 2.17. The van der Waals surface area contributed by atoms with Crippen molar-refractivity contribution in [2.75, 3.05) is 6.61 Å². The van der Waals surface area contributed by atoms with Crippen LogP contribution in [-0.4, -0.2) is 28.0 Å². The molecular formula is C15H18N2O3. The molecule has 0 bridgehead atoms. The van der Waals surface area contributed by atoms with E-state index in [-0.39, 0.29) is 6.10 Å². The molecule has 1 aromatic carbocycles. The molecule has 106 valence electrons. The fraction of sp³-hybridized carbons (Fsp3) is 0.467. The van der Waals surface area contributed by atoms with Gasteiger partial charge >= 0.3 is 0 Å².